The summed E-state index contributed by atoms with van der Waals surface area (Å²) in [6.45, 7) is 1.85. The molecule has 1 aromatic carbocycles. The number of nitrogens with zero attached hydrogens (tertiary/aromatic N) is 2. The van der Waals surface area contributed by atoms with Crippen LogP contribution in [0.4, 0.5) is 5.13 Å². The normalized spacial score (nSPS) is 10.7. The van der Waals surface area contributed by atoms with E-state index in [0.29, 0.717) is 11.4 Å². The number of benzene rings is 1. The standard InChI is InChI=1S/C12H12N4O2S2/c1-9-14-12(19-15-9)16-20(17,18)11-7-3-2-5-10(11)6-4-8-13/h2-3,5,7H,8,13H2,1H3,(H,14,15,16). The summed E-state index contributed by atoms with van der Waals surface area (Å²) in [5, 5.41) is 0.226. The Bertz CT molecular complexity index is 772. The number of rotatable bonds is 3. The lowest BCUT2D eigenvalue weighted by Gasteiger charge is -2.06. The molecule has 3 N–H and O–H groups in total. The minimum atomic E-state index is -3.75. The Labute approximate surface area is 121 Å². The molecule has 104 valence electrons. The maximum atomic E-state index is 12.3. The van der Waals surface area contributed by atoms with Gasteiger partial charge in [0.05, 0.1) is 6.54 Å². The molecule has 1 heterocycles. The van der Waals surface area contributed by atoms with E-state index < -0.39 is 10.0 Å². The Hall–Kier alpha value is -1.95. The Morgan fingerprint density at radius 3 is 2.80 bits per heavy atom. The number of hydrogen-bond donors (Lipinski definition) is 2. The van der Waals surface area contributed by atoms with E-state index in [2.05, 4.69) is 25.9 Å². The van der Waals surface area contributed by atoms with Crippen molar-refractivity contribution in [2.75, 3.05) is 11.3 Å². The summed E-state index contributed by atoms with van der Waals surface area (Å²) in [4.78, 5) is 4.07. The lowest BCUT2D eigenvalue weighted by molar-refractivity contribution is 0.601. The van der Waals surface area contributed by atoms with E-state index in [4.69, 9.17) is 5.73 Å². The summed E-state index contributed by atoms with van der Waals surface area (Å²) in [6, 6.07) is 6.46. The summed E-state index contributed by atoms with van der Waals surface area (Å²) >= 11 is 0.987. The van der Waals surface area contributed by atoms with Crippen LogP contribution in [-0.4, -0.2) is 24.3 Å². The van der Waals surface area contributed by atoms with Crippen LogP contribution < -0.4 is 10.5 Å². The zero-order valence-corrected chi connectivity index (χ0v) is 12.3. The van der Waals surface area contributed by atoms with Crippen molar-refractivity contribution in [2.24, 2.45) is 5.73 Å². The van der Waals surface area contributed by atoms with Gasteiger partial charge in [0.15, 0.2) is 0 Å². The second-order valence-corrected chi connectivity index (χ2v) is 6.16. The van der Waals surface area contributed by atoms with E-state index in [0.717, 1.165) is 11.5 Å². The molecular weight excluding hydrogens is 296 g/mol. The fraction of sp³-hybridized carbons (Fsp3) is 0.167. The maximum absolute atomic E-state index is 12.3. The van der Waals surface area contributed by atoms with E-state index in [-0.39, 0.29) is 16.6 Å². The Morgan fingerprint density at radius 1 is 1.40 bits per heavy atom. The topological polar surface area (TPSA) is 98.0 Å². The van der Waals surface area contributed by atoms with Gasteiger partial charge in [-0.05, 0) is 19.1 Å². The molecule has 1 aromatic heterocycles. The summed E-state index contributed by atoms with van der Waals surface area (Å²) in [7, 11) is -3.75. The number of aryl methyl sites for hydroxylation is 1. The number of hydrogen-bond acceptors (Lipinski definition) is 6. The molecule has 0 spiro atoms. The van der Waals surface area contributed by atoms with Crippen LogP contribution in [0.25, 0.3) is 0 Å². The van der Waals surface area contributed by atoms with Gasteiger partial charge in [-0.25, -0.2) is 13.4 Å². The molecule has 0 saturated carbocycles. The van der Waals surface area contributed by atoms with Gasteiger partial charge in [0.1, 0.15) is 10.7 Å². The van der Waals surface area contributed by atoms with Crippen molar-refractivity contribution in [3.05, 3.63) is 35.7 Å². The first-order chi connectivity index (χ1) is 9.53. The minimum Gasteiger partial charge on any atom is -0.320 e. The highest BCUT2D eigenvalue weighted by molar-refractivity contribution is 7.93. The fourth-order valence-corrected chi connectivity index (χ4v) is 3.42. The Morgan fingerprint density at radius 2 is 2.15 bits per heavy atom. The first-order valence-electron chi connectivity index (χ1n) is 5.64. The average Bonchev–Trinajstić information content (AvgIpc) is 2.81. The number of nitrogens with two attached hydrogens (primary N) is 1. The van der Waals surface area contributed by atoms with Gasteiger partial charge < -0.3 is 5.73 Å². The van der Waals surface area contributed by atoms with Gasteiger partial charge in [-0.3, -0.25) is 4.72 Å². The van der Waals surface area contributed by atoms with E-state index in [1.54, 1.807) is 25.1 Å². The summed E-state index contributed by atoms with van der Waals surface area (Å²) in [5.74, 6) is 5.91. The van der Waals surface area contributed by atoms with Crippen molar-refractivity contribution in [1.82, 2.24) is 9.36 Å². The Balaban J connectivity index is 2.39. The first kappa shape index (κ1) is 14.5. The van der Waals surface area contributed by atoms with Gasteiger partial charge >= 0.3 is 0 Å². The molecule has 0 saturated heterocycles. The predicted molar refractivity (Wildman–Crippen MR) is 77.8 cm³/mol. The minimum absolute atomic E-state index is 0.0915. The van der Waals surface area contributed by atoms with Crippen molar-refractivity contribution < 1.29 is 8.42 Å². The smallest absolute Gasteiger partial charge is 0.264 e. The van der Waals surface area contributed by atoms with Gasteiger partial charge in [-0.2, -0.15) is 4.37 Å². The molecule has 0 aliphatic carbocycles. The third kappa shape index (κ3) is 3.33. The molecule has 2 rings (SSSR count). The molecule has 0 fully saturated rings. The number of nitrogens with one attached hydrogen (secondary N) is 1. The average molecular weight is 308 g/mol. The molecule has 8 heteroatoms. The van der Waals surface area contributed by atoms with Crippen molar-refractivity contribution in [1.29, 1.82) is 0 Å². The SMILES string of the molecule is Cc1nsc(NS(=O)(=O)c2ccccc2C#CCN)n1. The highest BCUT2D eigenvalue weighted by Gasteiger charge is 2.19. The van der Waals surface area contributed by atoms with Gasteiger partial charge in [-0.1, -0.05) is 24.0 Å². The monoisotopic (exact) mass is 308 g/mol. The van der Waals surface area contributed by atoms with E-state index in [1.165, 1.54) is 6.07 Å². The van der Waals surface area contributed by atoms with Gasteiger partial charge in [0.25, 0.3) is 10.0 Å². The molecule has 0 atom stereocenters. The van der Waals surface area contributed by atoms with Crippen LogP contribution in [0.3, 0.4) is 0 Å². The van der Waals surface area contributed by atoms with Crippen LogP contribution in [0.2, 0.25) is 0 Å². The predicted octanol–water partition coefficient (Wildman–Crippen LogP) is 0.958. The summed E-state index contributed by atoms with van der Waals surface area (Å²) < 4.78 is 31.0. The lowest BCUT2D eigenvalue weighted by atomic mass is 10.2. The molecule has 0 amide bonds. The summed E-state index contributed by atoms with van der Waals surface area (Å²) in [5.41, 5.74) is 5.70. The number of aromatic nitrogens is 2. The maximum Gasteiger partial charge on any atom is 0.264 e. The third-order valence-corrected chi connectivity index (χ3v) is 4.50. The van der Waals surface area contributed by atoms with E-state index >= 15 is 0 Å². The number of anilines is 1. The molecule has 0 bridgehead atoms. The molecule has 0 radical (unpaired) electrons. The lowest BCUT2D eigenvalue weighted by Crippen LogP contribution is -2.14. The molecule has 0 aliphatic rings. The van der Waals surface area contributed by atoms with Crippen LogP contribution in [-0.2, 0) is 10.0 Å². The highest BCUT2D eigenvalue weighted by atomic mass is 32.2. The quantitative estimate of drug-likeness (QED) is 0.823. The van der Waals surface area contributed by atoms with Crippen LogP contribution in [0.1, 0.15) is 11.4 Å². The largest absolute Gasteiger partial charge is 0.320 e. The van der Waals surface area contributed by atoms with Crippen LogP contribution in [0, 0.1) is 18.8 Å². The zero-order chi connectivity index (χ0) is 14.6. The highest BCUT2D eigenvalue weighted by Crippen LogP contribution is 2.20. The molecule has 20 heavy (non-hydrogen) atoms. The molecule has 2 aromatic rings. The van der Waals surface area contributed by atoms with Crippen molar-refractivity contribution >= 4 is 26.7 Å². The molecule has 0 unspecified atom stereocenters. The first-order valence-corrected chi connectivity index (χ1v) is 7.89. The van der Waals surface area contributed by atoms with Crippen molar-refractivity contribution in [2.45, 2.75) is 11.8 Å². The third-order valence-electron chi connectivity index (χ3n) is 2.25. The van der Waals surface area contributed by atoms with Gasteiger partial charge in [-0.15, -0.1) is 0 Å². The molecule has 0 aliphatic heterocycles. The molecular formula is C12H12N4O2S2. The van der Waals surface area contributed by atoms with Crippen LogP contribution in [0.15, 0.2) is 29.2 Å². The van der Waals surface area contributed by atoms with Gasteiger partial charge in [0, 0.05) is 17.1 Å². The van der Waals surface area contributed by atoms with Crippen molar-refractivity contribution in [3.63, 3.8) is 0 Å². The summed E-state index contributed by atoms with van der Waals surface area (Å²) in [6.07, 6.45) is 0. The van der Waals surface area contributed by atoms with E-state index in [1.807, 2.05) is 0 Å². The fourth-order valence-electron chi connectivity index (χ4n) is 1.46. The van der Waals surface area contributed by atoms with Gasteiger partial charge in [0.2, 0.25) is 5.13 Å². The Kier molecular flexibility index (Phi) is 4.34. The van der Waals surface area contributed by atoms with E-state index in [9.17, 15) is 8.42 Å². The van der Waals surface area contributed by atoms with Crippen LogP contribution >= 0.6 is 11.5 Å². The second kappa shape index (κ2) is 6.00. The molecule has 6 nitrogen and oxygen atoms in total. The second-order valence-electron chi connectivity index (χ2n) is 3.75. The van der Waals surface area contributed by atoms with Crippen LogP contribution in [0.5, 0.6) is 0 Å². The van der Waals surface area contributed by atoms with Crippen molar-refractivity contribution in [3.8, 4) is 11.8 Å². The number of sulfonamides is 1. The zero-order valence-electron chi connectivity index (χ0n) is 10.6.